The molecule has 1 aliphatic heterocycles. The van der Waals surface area contributed by atoms with Gasteiger partial charge in [-0.25, -0.2) is 4.98 Å². The summed E-state index contributed by atoms with van der Waals surface area (Å²) in [4.78, 5) is 29.7. The van der Waals surface area contributed by atoms with Gasteiger partial charge in [0, 0.05) is 36.4 Å². The Balaban J connectivity index is 2.05. The van der Waals surface area contributed by atoms with Crippen LogP contribution in [0, 0.1) is 6.92 Å². The minimum atomic E-state index is -1.00. The number of carboxylic acid groups (broad SMARTS) is 1. The van der Waals surface area contributed by atoms with E-state index in [1.54, 1.807) is 12.3 Å². The molecule has 7 heteroatoms. The molecule has 1 amide bonds. The molecule has 0 saturated carbocycles. The van der Waals surface area contributed by atoms with Crippen molar-refractivity contribution in [3.05, 3.63) is 22.2 Å². The Morgan fingerprint density at radius 2 is 2.24 bits per heavy atom. The molecule has 1 N–H and O–H groups in total. The van der Waals surface area contributed by atoms with Gasteiger partial charge in [-0.3, -0.25) is 9.59 Å². The van der Waals surface area contributed by atoms with Gasteiger partial charge < -0.3 is 14.7 Å². The number of nitrogens with zero attached hydrogens (tertiary/aromatic N) is 2. The van der Waals surface area contributed by atoms with Crippen LogP contribution in [-0.4, -0.2) is 52.7 Å². The third-order valence-electron chi connectivity index (χ3n) is 3.25. The van der Waals surface area contributed by atoms with Crippen LogP contribution in [0.4, 0.5) is 0 Å². The molecule has 2 heterocycles. The van der Waals surface area contributed by atoms with E-state index in [0.717, 1.165) is 9.88 Å². The molecule has 6 nitrogen and oxygen atoms in total. The molecule has 0 aliphatic carbocycles. The highest BCUT2D eigenvalue weighted by Crippen LogP contribution is 2.17. The van der Waals surface area contributed by atoms with Crippen LogP contribution >= 0.6 is 11.3 Å². The number of rotatable bonds is 5. The van der Waals surface area contributed by atoms with Crippen molar-refractivity contribution < 1.29 is 19.4 Å². The number of amides is 1. The average Bonchev–Trinajstić information content (AvgIpc) is 2.88. The molecular formula is C14H18N2O4S. The van der Waals surface area contributed by atoms with Gasteiger partial charge in [0.15, 0.2) is 0 Å². The predicted octanol–water partition coefficient (Wildman–Crippen LogP) is 1.56. The fraction of sp³-hybridized carbons (Fsp3) is 0.500. The standard InChI is InChI=1S/C14H18N2O4S/c1-10-15-8-12(21-10)2-3-13(17)16(9-14(18)19)11-4-6-20-7-5-11/h2-3,8,11H,4-7,9H2,1H3,(H,18,19)/b3-2-. The molecule has 1 saturated heterocycles. The van der Waals surface area contributed by atoms with Crippen molar-refractivity contribution in [1.29, 1.82) is 0 Å². The van der Waals surface area contributed by atoms with Gasteiger partial charge in [-0.2, -0.15) is 0 Å². The topological polar surface area (TPSA) is 79.7 Å². The number of hydrogen-bond acceptors (Lipinski definition) is 5. The molecule has 0 aromatic carbocycles. The highest BCUT2D eigenvalue weighted by Gasteiger charge is 2.26. The van der Waals surface area contributed by atoms with E-state index in [9.17, 15) is 9.59 Å². The molecule has 0 atom stereocenters. The summed E-state index contributed by atoms with van der Waals surface area (Å²) in [6.07, 6.45) is 6.14. The molecule has 0 unspecified atom stereocenters. The van der Waals surface area contributed by atoms with Gasteiger partial charge in [0.05, 0.1) is 5.01 Å². The summed E-state index contributed by atoms with van der Waals surface area (Å²) < 4.78 is 5.26. The van der Waals surface area contributed by atoms with Crippen LogP contribution in [0.25, 0.3) is 6.08 Å². The van der Waals surface area contributed by atoms with Gasteiger partial charge in [-0.05, 0) is 25.8 Å². The molecule has 1 aromatic rings. The summed E-state index contributed by atoms with van der Waals surface area (Å²) in [5, 5.41) is 9.92. The molecule has 1 aromatic heterocycles. The quantitative estimate of drug-likeness (QED) is 0.835. The Morgan fingerprint density at radius 3 is 2.81 bits per heavy atom. The van der Waals surface area contributed by atoms with Crippen molar-refractivity contribution in [3.63, 3.8) is 0 Å². The Hall–Kier alpha value is -1.73. The third kappa shape index (κ3) is 4.64. The predicted molar refractivity (Wildman–Crippen MR) is 79.1 cm³/mol. The Bertz CT molecular complexity index is 535. The maximum Gasteiger partial charge on any atom is 0.323 e. The minimum Gasteiger partial charge on any atom is -0.480 e. The summed E-state index contributed by atoms with van der Waals surface area (Å²) in [5.74, 6) is -1.28. The van der Waals surface area contributed by atoms with Crippen molar-refractivity contribution in [2.75, 3.05) is 19.8 Å². The highest BCUT2D eigenvalue weighted by atomic mass is 32.1. The molecule has 0 radical (unpaired) electrons. The van der Waals surface area contributed by atoms with Gasteiger partial charge in [-0.15, -0.1) is 11.3 Å². The zero-order valence-corrected chi connectivity index (χ0v) is 12.6. The van der Waals surface area contributed by atoms with E-state index in [0.29, 0.717) is 26.1 Å². The second kappa shape index (κ2) is 7.33. The maximum absolute atomic E-state index is 12.3. The van der Waals surface area contributed by atoms with Gasteiger partial charge in [0.25, 0.3) is 0 Å². The fourth-order valence-corrected chi connectivity index (χ4v) is 2.92. The number of carboxylic acids is 1. The first-order chi connectivity index (χ1) is 10.1. The average molecular weight is 310 g/mol. The summed E-state index contributed by atoms with van der Waals surface area (Å²) in [6.45, 7) is 2.73. The van der Waals surface area contributed by atoms with Gasteiger partial charge in [-0.1, -0.05) is 0 Å². The zero-order chi connectivity index (χ0) is 15.2. The lowest BCUT2D eigenvalue weighted by atomic mass is 10.1. The van der Waals surface area contributed by atoms with Crippen LogP contribution in [0.1, 0.15) is 22.7 Å². The number of aromatic nitrogens is 1. The van der Waals surface area contributed by atoms with E-state index in [1.807, 2.05) is 6.92 Å². The molecule has 21 heavy (non-hydrogen) atoms. The molecule has 0 spiro atoms. The molecule has 1 aliphatic rings. The molecule has 0 bridgehead atoms. The highest BCUT2D eigenvalue weighted by molar-refractivity contribution is 7.12. The van der Waals surface area contributed by atoms with Crippen LogP contribution < -0.4 is 0 Å². The van der Waals surface area contributed by atoms with Crippen molar-refractivity contribution in [1.82, 2.24) is 9.88 Å². The van der Waals surface area contributed by atoms with E-state index >= 15 is 0 Å². The number of carbonyl (C=O) groups is 2. The molecular weight excluding hydrogens is 292 g/mol. The monoisotopic (exact) mass is 310 g/mol. The van der Waals surface area contributed by atoms with Crippen LogP contribution in [0.3, 0.4) is 0 Å². The van der Waals surface area contributed by atoms with Crippen LogP contribution in [-0.2, 0) is 14.3 Å². The summed E-state index contributed by atoms with van der Waals surface area (Å²) in [6, 6.07) is -0.0739. The normalized spacial score (nSPS) is 16.2. The minimum absolute atomic E-state index is 0.0739. The van der Waals surface area contributed by atoms with E-state index < -0.39 is 5.97 Å². The molecule has 114 valence electrons. The molecule has 1 fully saturated rings. The summed E-state index contributed by atoms with van der Waals surface area (Å²) >= 11 is 1.49. The van der Waals surface area contributed by atoms with E-state index in [4.69, 9.17) is 9.84 Å². The largest absolute Gasteiger partial charge is 0.480 e. The number of ether oxygens (including phenoxy) is 1. The lowest BCUT2D eigenvalue weighted by molar-refractivity contribution is -0.145. The Kier molecular flexibility index (Phi) is 5.46. The SMILES string of the molecule is Cc1ncc(/C=C\C(=O)N(CC(=O)O)C2CCOCC2)s1. The van der Waals surface area contributed by atoms with Crippen molar-refractivity contribution in [3.8, 4) is 0 Å². The number of thiazole rings is 1. The smallest absolute Gasteiger partial charge is 0.323 e. The maximum atomic E-state index is 12.3. The molecule has 2 rings (SSSR count). The van der Waals surface area contributed by atoms with Gasteiger partial charge in [0.1, 0.15) is 6.54 Å². The van der Waals surface area contributed by atoms with E-state index in [2.05, 4.69) is 4.98 Å². The van der Waals surface area contributed by atoms with Crippen LogP contribution in [0.2, 0.25) is 0 Å². The van der Waals surface area contributed by atoms with E-state index in [1.165, 1.54) is 22.3 Å². The number of hydrogen-bond donors (Lipinski definition) is 1. The van der Waals surface area contributed by atoms with Gasteiger partial charge in [0.2, 0.25) is 5.91 Å². The first-order valence-corrected chi connectivity index (χ1v) is 7.58. The Morgan fingerprint density at radius 1 is 1.52 bits per heavy atom. The zero-order valence-electron chi connectivity index (χ0n) is 11.8. The summed E-state index contributed by atoms with van der Waals surface area (Å²) in [5.41, 5.74) is 0. The number of aliphatic carboxylic acids is 1. The van der Waals surface area contributed by atoms with Crippen LogP contribution in [0.15, 0.2) is 12.3 Å². The van der Waals surface area contributed by atoms with Crippen molar-refractivity contribution in [2.24, 2.45) is 0 Å². The van der Waals surface area contributed by atoms with Crippen LogP contribution in [0.5, 0.6) is 0 Å². The third-order valence-corrected chi connectivity index (χ3v) is 4.13. The summed E-state index contributed by atoms with van der Waals surface area (Å²) in [7, 11) is 0. The lowest BCUT2D eigenvalue weighted by Crippen LogP contribution is -2.45. The second-order valence-electron chi connectivity index (χ2n) is 4.82. The number of carbonyl (C=O) groups excluding carboxylic acids is 1. The van der Waals surface area contributed by atoms with Crippen molar-refractivity contribution >= 4 is 29.3 Å². The lowest BCUT2D eigenvalue weighted by Gasteiger charge is -2.32. The van der Waals surface area contributed by atoms with E-state index in [-0.39, 0.29) is 18.5 Å². The van der Waals surface area contributed by atoms with Crippen molar-refractivity contribution in [2.45, 2.75) is 25.8 Å². The second-order valence-corrected chi connectivity index (χ2v) is 6.08. The Labute approximate surface area is 127 Å². The number of aryl methyl sites for hydroxylation is 1. The first kappa shape index (κ1) is 15.7. The fourth-order valence-electron chi connectivity index (χ4n) is 2.23. The first-order valence-electron chi connectivity index (χ1n) is 6.77. The van der Waals surface area contributed by atoms with Gasteiger partial charge >= 0.3 is 5.97 Å².